The average Bonchev–Trinajstić information content (AvgIpc) is 3.09. The Morgan fingerprint density at radius 3 is 2.86 bits per heavy atom. The van der Waals surface area contributed by atoms with Crippen LogP contribution in [0.1, 0.15) is 18.9 Å². The standard InChI is InChI=1S/C17H25N3O/c1-13-9-18-10-16(13)17(21)19-15-7-8-20(12-15)11-14-5-3-2-4-6-14/h2-6,13,15-16,18H,7-12H2,1H3,(H,19,21). The molecule has 2 fully saturated rings. The molecule has 2 aliphatic rings. The third-order valence-corrected chi connectivity index (χ3v) is 4.72. The van der Waals surface area contributed by atoms with E-state index in [0.717, 1.165) is 39.1 Å². The molecule has 0 aromatic heterocycles. The molecule has 4 nitrogen and oxygen atoms in total. The van der Waals surface area contributed by atoms with Gasteiger partial charge in [-0.15, -0.1) is 0 Å². The van der Waals surface area contributed by atoms with E-state index in [2.05, 4.69) is 46.7 Å². The van der Waals surface area contributed by atoms with Crippen LogP contribution in [0.2, 0.25) is 0 Å². The number of carbonyl (C=O) groups is 1. The highest BCUT2D eigenvalue weighted by Crippen LogP contribution is 2.18. The molecule has 3 rings (SSSR count). The van der Waals surface area contributed by atoms with Crippen LogP contribution >= 0.6 is 0 Å². The molecule has 2 N–H and O–H groups in total. The van der Waals surface area contributed by atoms with Crippen LogP contribution in [0.15, 0.2) is 30.3 Å². The maximum Gasteiger partial charge on any atom is 0.224 e. The van der Waals surface area contributed by atoms with Gasteiger partial charge in [-0.3, -0.25) is 9.69 Å². The van der Waals surface area contributed by atoms with Crippen molar-refractivity contribution in [2.24, 2.45) is 11.8 Å². The topological polar surface area (TPSA) is 44.4 Å². The summed E-state index contributed by atoms with van der Waals surface area (Å²) in [6, 6.07) is 10.9. The van der Waals surface area contributed by atoms with Crippen LogP contribution < -0.4 is 10.6 Å². The van der Waals surface area contributed by atoms with Crippen LogP contribution in [0.3, 0.4) is 0 Å². The van der Waals surface area contributed by atoms with E-state index < -0.39 is 0 Å². The summed E-state index contributed by atoms with van der Waals surface area (Å²) in [5.74, 6) is 0.832. The highest BCUT2D eigenvalue weighted by molar-refractivity contribution is 5.79. The Labute approximate surface area is 126 Å². The second-order valence-corrected chi connectivity index (χ2v) is 6.46. The third kappa shape index (κ3) is 3.63. The Morgan fingerprint density at radius 2 is 2.14 bits per heavy atom. The van der Waals surface area contributed by atoms with E-state index in [-0.39, 0.29) is 11.8 Å². The third-order valence-electron chi connectivity index (χ3n) is 4.72. The van der Waals surface area contributed by atoms with Crippen molar-refractivity contribution in [1.82, 2.24) is 15.5 Å². The largest absolute Gasteiger partial charge is 0.352 e. The van der Waals surface area contributed by atoms with E-state index in [1.165, 1.54) is 5.56 Å². The summed E-state index contributed by atoms with van der Waals surface area (Å²) in [7, 11) is 0. The maximum atomic E-state index is 12.3. The van der Waals surface area contributed by atoms with Gasteiger partial charge in [-0.25, -0.2) is 0 Å². The lowest BCUT2D eigenvalue weighted by Gasteiger charge is -2.19. The Kier molecular flexibility index (Phi) is 4.56. The van der Waals surface area contributed by atoms with Crippen molar-refractivity contribution < 1.29 is 4.79 Å². The van der Waals surface area contributed by atoms with Gasteiger partial charge in [0.2, 0.25) is 5.91 Å². The number of rotatable bonds is 4. The first-order valence-corrected chi connectivity index (χ1v) is 8.00. The van der Waals surface area contributed by atoms with E-state index in [4.69, 9.17) is 0 Å². The monoisotopic (exact) mass is 287 g/mol. The quantitative estimate of drug-likeness (QED) is 0.875. The summed E-state index contributed by atoms with van der Waals surface area (Å²) in [5, 5.41) is 6.54. The number of hydrogen-bond acceptors (Lipinski definition) is 3. The van der Waals surface area contributed by atoms with Crippen molar-refractivity contribution in [3.05, 3.63) is 35.9 Å². The average molecular weight is 287 g/mol. The summed E-state index contributed by atoms with van der Waals surface area (Å²) >= 11 is 0. The summed E-state index contributed by atoms with van der Waals surface area (Å²) in [6.07, 6.45) is 1.06. The molecular formula is C17H25N3O. The van der Waals surface area contributed by atoms with Crippen molar-refractivity contribution in [2.45, 2.75) is 25.9 Å². The van der Waals surface area contributed by atoms with Crippen LogP contribution in [0.25, 0.3) is 0 Å². The Hall–Kier alpha value is -1.39. The molecule has 21 heavy (non-hydrogen) atoms. The fourth-order valence-corrected chi connectivity index (χ4v) is 3.40. The van der Waals surface area contributed by atoms with Gasteiger partial charge in [-0.1, -0.05) is 37.3 Å². The van der Waals surface area contributed by atoms with Gasteiger partial charge in [0.15, 0.2) is 0 Å². The number of amides is 1. The Balaban J connectivity index is 1.47. The summed E-state index contributed by atoms with van der Waals surface area (Å²) < 4.78 is 0. The number of nitrogens with one attached hydrogen (secondary N) is 2. The Morgan fingerprint density at radius 1 is 1.33 bits per heavy atom. The Bertz CT molecular complexity index is 476. The van der Waals surface area contributed by atoms with Crippen molar-refractivity contribution in [3.8, 4) is 0 Å². The predicted molar refractivity (Wildman–Crippen MR) is 83.8 cm³/mol. The minimum atomic E-state index is 0.146. The SMILES string of the molecule is CC1CNCC1C(=O)NC1CCN(Cc2ccccc2)C1. The second-order valence-electron chi connectivity index (χ2n) is 6.46. The molecule has 2 saturated heterocycles. The summed E-state index contributed by atoms with van der Waals surface area (Å²) in [4.78, 5) is 14.7. The van der Waals surface area contributed by atoms with Gasteiger partial charge >= 0.3 is 0 Å². The zero-order chi connectivity index (χ0) is 14.7. The number of likely N-dealkylation sites (tertiary alicyclic amines) is 1. The molecule has 4 heteroatoms. The van der Waals surface area contributed by atoms with Gasteiger partial charge in [-0.2, -0.15) is 0 Å². The lowest BCUT2D eigenvalue weighted by atomic mass is 9.97. The molecule has 0 radical (unpaired) electrons. The first-order chi connectivity index (χ1) is 10.2. The van der Waals surface area contributed by atoms with Crippen molar-refractivity contribution >= 4 is 5.91 Å². The lowest BCUT2D eigenvalue weighted by Crippen LogP contribution is -2.42. The zero-order valence-electron chi connectivity index (χ0n) is 12.7. The van der Waals surface area contributed by atoms with Crippen molar-refractivity contribution in [1.29, 1.82) is 0 Å². The van der Waals surface area contributed by atoms with Crippen LogP contribution in [-0.4, -0.2) is 43.0 Å². The van der Waals surface area contributed by atoms with Gasteiger partial charge in [-0.05, 0) is 24.4 Å². The normalized spacial score (nSPS) is 29.7. The van der Waals surface area contributed by atoms with E-state index in [1.54, 1.807) is 0 Å². The van der Waals surface area contributed by atoms with Gasteiger partial charge in [0, 0.05) is 32.2 Å². The fourth-order valence-electron chi connectivity index (χ4n) is 3.40. The molecule has 2 aliphatic heterocycles. The molecule has 0 bridgehead atoms. The number of hydrogen-bond donors (Lipinski definition) is 2. The highest BCUT2D eigenvalue weighted by Gasteiger charge is 2.32. The molecule has 2 heterocycles. The maximum absolute atomic E-state index is 12.3. The van der Waals surface area contributed by atoms with E-state index in [9.17, 15) is 4.79 Å². The molecule has 0 aliphatic carbocycles. The zero-order valence-corrected chi connectivity index (χ0v) is 12.7. The van der Waals surface area contributed by atoms with Gasteiger partial charge in [0.25, 0.3) is 0 Å². The second kappa shape index (κ2) is 6.58. The molecule has 1 amide bonds. The van der Waals surface area contributed by atoms with Crippen LogP contribution in [0.4, 0.5) is 0 Å². The molecule has 3 unspecified atom stereocenters. The number of carbonyl (C=O) groups excluding carboxylic acids is 1. The molecular weight excluding hydrogens is 262 g/mol. The van der Waals surface area contributed by atoms with E-state index in [1.807, 2.05) is 6.07 Å². The molecule has 3 atom stereocenters. The summed E-state index contributed by atoms with van der Waals surface area (Å²) in [5.41, 5.74) is 1.35. The highest BCUT2D eigenvalue weighted by atomic mass is 16.2. The molecule has 1 aromatic carbocycles. The smallest absolute Gasteiger partial charge is 0.224 e. The minimum absolute atomic E-state index is 0.146. The van der Waals surface area contributed by atoms with Crippen molar-refractivity contribution in [2.75, 3.05) is 26.2 Å². The van der Waals surface area contributed by atoms with Gasteiger partial charge in [0.1, 0.15) is 0 Å². The van der Waals surface area contributed by atoms with Crippen LogP contribution in [0.5, 0.6) is 0 Å². The fraction of sp³-hybridized carbons (Fsp3) is 0.588. The molecule has 114 valence electrons. The van der Waals surface area contributed by atoms with Gasteiger partial charge in [0.05, 0.1) is 5.92 Å². The lowest BCUT2D eigenvalue weighted by molar-refractivity contribution is -0.126. The molecule has 1 aromatic rings. The van der Waals surface area contributed by atoms with Crippen molar-refractivity contribution in [3.63, 3.8) is 0 Å². The number of nitrogens with zero attached hydrogens (tertiary/aromatic N) is 1. The van der Waals surface area contributed by atoms with Crippen LogP contribution in [0, 0.1) is 11.8 Å². The number of benzene rings is 1. The van der Waals surface area contributed by atoms with E-state index >= 15 is 0 Å². The minimum Gasteiger partial charge on any atom is -0.352 e. The van der Waals surface area contributed by atoms with E-state index in [0.29, 0.717) is 12.0 Å². The first kappa shape index (κ1) is 14.5. The molecule has 0 spiro atoms. The van der Waals surface area contributed by atoms with Crippen LogP contribution in [-0.2, 0) is 11.3 Å². The predicted octanol–water partition coefficient (Wildman–Crippen LogP) is 1.23. The molecule has 0 saturated carbocycles. The summed E-state index contributed by atoms with van der Waals surface area (Å²) in [6.45, 7) is 6.96. The van der Waals surface area contributed by atoms with Gasteiger partial charge < -0.3 is 10.6 Å². The first-order valence-electron chi connectivity index (χ1n) is 8.00.